The largest absolute Gasteiger partial charge is 0.345 e. The predicted molar refractivity (Wildman–Crippen MR) is 87.9 cm³/mol. The zero-order chi connectivity index (χ0) is 15.9. The van der Waals surface area contributed by atoms with E-state index in [0.29, 0.717) is 6.42 Å². The number of aryl methyl sites for hydroxylation is 1. The van der Waals surface area contributed by atoms with E-state index in [2.05, 4.69) is 21.7 Å². The van der Waals surface area contributed by atoms with Gasteiger partial charge in [-0.1, -0.05) is 0 Å². The SMILES string of the molecule is Cc1cc(-c2csc([C@]3(C)CC(=O)N(C)C(=N)N3)c2)ccn1. The van der Waals surface area contributed by atoms with Crippen LogP contribution in [0.3, 0.4) is 0 Å². The molecule has 0 saturated carbocycles. The summed E-state index contributed by atoms with van der Waals surface area (Å²) in [5, 5.41) is 13.2. The van der Waals surface area contributed by atoms with Crippen LogP contribution in [0.25, 0.3) is 11.1 Å². The third-order valence-corrected chi connectivity index (χ3v) is 5.18. The lowest BCUT2D eigenvalue weighted by Crippen LogP contribution is -2.57. The Morgan fingerprint density at radius 1 is 1.41 bits per heavy atom. The Balaban J connectivity index is 1.93. The van der Waals surface area contributed by atoms with Gasteiger partial charge in [-0.15, -0.1) is 11.3 Å². The van der Waals surface area contributed by atoms with Gasteiger partial charge in [0.25, 0.3) is 0 Å². The number of pyridine rings is 1. The van der Waals surface area contributed by atoms with Crippen LogP contribution in [-0.2, 0) is 10.3 Å². The van der Waals surface area contributed by atoms with Gasteiger partial charge in [0.15, 0.2) is 5.96 Å². The maximum Gasteiger partial charge on any atom is 0.231 e. The topological polar surface area (TPSA) is 69.1 Å². The summed E-state index contributed by atoms with van der Waals surface area (Å²) in [5.41, 5.74) is 2.69. The number of thiophene rings is 1. The van der Waals surface area contributed by atoms with Crippen LogP contribution in [0, 0.1) is 12.3 Å². The van der Waals surface area contributed by atoms with Crippen LogP contribution in [-0.4, -0.2) is 28.8 Å². The number of guanidine groups is 1. The molecule has 2 aromatic rings. The first-order valence-electron chi connectivity index (χ1n) is 7.04. The van der Waals surface area contributed by atoms with Gasteiger partial charge in [0, 0.05) is 23.8 Å². The minimum absolute atomic E-state index is 0.0408. The van der Waals surface area contributed by atoms with Crippen molar-refractivity contribution in [2.75, 3.05) is 7.05 Å². The van der Waals surface area contributed by atoms with Crippen molar-refractivity contribution in [1.82, 2.24) is 15.2 Å². The lowest BCUT2D eigenvalue weighted by atomic mass is 9.92. The Hall–Kier alpha value is -2.21. The first-order chi connectivity index (χ1) is 10.4. The lowest BCUT2D eigenvalue weighted by Gasteiger charge is -2.38. The fourth-order valence-corrected chi connectivity index (χ4v) is 3.62. The van der Waals surface area contributed by atoms with Crippen LogP contribution in [0.4, 0.5) is 0 Å². The van der Waals surface area contributed by atoms with Gasteiger partial charge in [0.2, 0.25) is 5.91 Å². The second-order valence-electron chi connectivity index (χ2n) is 5.82. The number of aromatic nitrogens is 1. The Morgan fingerprint density at radius 2 is 2.18 bits per heavy atom. The molecule has 114 valence electrons. The van der Waals surface area contributed by atoms with Crippen molar-refractivity contribution >= 4 is 23.2 Å². The van der Waals surface area contributed by atoms with E-state index in [1.165, 1.54) is 4.90 Å². The number of hydrogen-bond acceptors (Lipinski definition) is 4. The van der Waals surface area contributed by atoms with E-state index in [4.69, 9.17) is 5.41 Å². The van der Waals surface area contributed by atoms with Crippen molar-refractivity contribution in [2.45, 2.75) is 25.8 Å². The third-order valence-electron chi connectivity index (χ3n) is 3.98. The van der Waals surface area contributed by atoms with Crippen LogP contribution in [0.1, 0.15) is 23.9 Å². The van der Waals surface area contributed by atoms with Gasteiger partial charge in [-0.05, 0) is 48.6 Å². The molecule has 5 nitrogen and oxygen atoms in total. The molecule has 3 rings (SSSR count). The first kappa shape index (κ1) is 14.7. The maximum absolute atomic E-state index is 12.1. The van der Waals surface area contributed by atoms with Crippen molar-refractivity contribution in [2.24, 2.45) is 0 Å². The molecule has 0 aliphatic carbocycles. The standard InChI is InChI=1S/C16H18N4OS/c1-10-6-11(4-5-18-10)12-7-13(22-9-12)16(2)8-14(21)20(3)15(17)19-16/h4-7,9H,8H2,1-3H3,(H2,17,19)/t16-/m0/s1. The lowest BCUT2D eigenvalue weighted by molar-refractivity contribution is -0.129. The molecule has 1 fully saturated rings. The summed E-state index contributed by atoms with van der Waals surface area (Å²) >= 11 is 1.61. The Bertz CT molecular complexity index is 734. The van der Waals surface area contributed by atoms with Crippen molar-refractivity contribution in [1.29, 1.82) is 5.41 Å². The number of hydrogen-bond donors (Lipinski definition) is 2. The van der Waals surface area contributed by atoms with Crippen LogP contribution >= 0.6 is 11.3 Å². The van der Waals surface area contributed by atoms with Crippen molar-refractivity contribution in [3.8, 4) is 11.1 Å². The number of carbonyl (C=O) groups excluding carboxylic acids is 1. The molecule has 1 amide bonds. The van der Waals surface area contributed by atoms with Crippen molar-refractivity contribution < 1.29 is 4.79 Å². The molecule has 1 aliphatic rings. The summed E-state index contributed by atoms with van der Waals surface area (Å²) in [6.45, 7) is 3.94. The summed E-state index contributed by atoms with van der Waals surface area (Å²) in [6.07, 6.45) is 2.15. The molecule has 0 bridgehead atoms. The van der Waals surface area contributed by atoms with Gasteiger partial charge >= 0.3 is 0 Å². The predicted octanol–water partition coefficient (Wildman–Crippen LogP) is 2.72. The highest BCUT2D eigenvalue weighted by atomic mass is 32.1. The van der Waals surface area contributed by atoms with Gasteiger partial charge < -0.3 is 5.32 Å². The number of amides is 1. The molecule has 0 spiro atoms. The fraction of sp³-hybridized carbons (Fsp3) is 0.312. The van der Waals surface area contributed by atoms with Gasteiger partial charge in [0.1, 0.15) is 0 Å². The monoisotopic (exact) mass is 314 g/mol. The third kappa shape index (κ3) is 2.50. The molecular formula is C16H18N4OS. The summed E-state index contributed by atoms with van der Waals surface area (Å²) in [7, 11) is 1.62. The molecule has 1 atom stereocenters. The highest BCUT2D eigenvalue weighted by Gasteiger charge is 2.38. The highest BCUT2D eigenvalue weighted by Crippen LogP contribution is 2.36. The van der Waals surface area contributed by atoms with E-state index < -0.39 is 5.54 Å². The molecule has 3 heterocycles. The summed E-state index contributed by atoms with van der Waals surface area (Å²) in [5.74, 6) is 0.106. The molecular weight excluding hydrogens is 296 g/mol. The maximum atomic E-state index is 12.1. The molecule has 2 N–H and O–H groups in total. The first-order valence-corrected chi connectivity index (χ1v) is 7.92. The number of carbonyl (C=O) groups is 1. The number of nitrogens with one attached hydrogen (secondary N) is 2. The normalized spacial score (nSPS) is 21.9. The molecule has 0 radical (unpaired) electrons. The molecule has 6 heteroatoms. The molecule has 0 aromatic carbocycles. The Labute approximate surface area is 133 Å². The molecule has 1 saturated heterocycles. The quantitative estimate of drug-likeness (QED) is 0.895. The number of nitrogens with zero attached hydrogens (tertiary/aromatic N) is 2. The van der Waals surface area contributed by atoms with E-state index in [9.17, 15) is 4.79 Å². The molecule has 1 aliphatic heterocycles. The second kappa shape index (κ2) is 5.21. The Morgan fingerprint density at radius 3 is 2.86 bits per heavy atom. The Kier molecular flexibility index (Phi) is 3.48. The summed E-state index contributed by atoms with van der Waals surface area (Å²) in [4.78, 5) is 18.7. The average molecular weight is 314 g/mol. The average Bonchev–Trinajstić information content (AvgIpc) is 2.95. The smallest absolute Gasteiger partial charge is 0.231 e. The molecule has 22 heavy (non-hydrogen) atoms. The van der Waals surface area contributed by atoms with E-state index >= 15 is 0 Å². The zero-order valence-corrected chi connectivity index (χ0v) is 13.6. The van der Waals surface area contributed by atoms with Crippen molar-refractivity contribution in [3.05, 3.63) is 40.3 Å². The number of rotatable bonds is 2. The van der Waals surface area contributed by atoms with Crippen molar-refractivity contribution in [3.63, 3.8) is 0 Å². The van der Waals surface area contributed by atoms with Crippen LogP contribution in [0.5, 0.6) is 0 Å². The minimum atomic E-state index is -0.522. The van der Waals surface area contributed by atoms with Gasteiger partial charge in [-0.25, -0.2) is 0 Å². The summed E-state index contributed by atoms with van der Waals surface area (Å²) < 4.78 is 0. The van der Waals surface area contributed by atoms with Gasteiger partial charge in [-0.2, -0.15) is 0 Å². The molecule has 2 aromatic heterocycles. The van der Waals surface area contributed by atoms with E-state index in [-0.39, 0.29) is 11.9 Å². The van der Waals surface area contributed by atoms with E-state index in [1.807, 2.05) is 26.0 Å². The second-order valence-corrected chi connectivity index (χ2v) is 6.73. The van der Waals surface area contributed by atoms with Crippen LogP contribution in [0.15, 0.2) is 29.8 Å². The molecule has 0 unspecified atom stereocenters. The highest BCUT2D eigenvalue weighted by molar-refractivity contribution is 7.10. The van der Waals surface area contributed by atoms with Gasteiger partial charge in [-0.3, -0.25) is 20.1 Å². The van der Waals surface area contributed by atoms with E-state index in [0.717, 1.165) is 21.7 Å². The summed E-state index contributed by atoms with van der Waals surface area (Å²) in [6, 6.07) is 6.12. The van der Waals surface area contributed by atoms with Crippen LogP contribution < -0.4 is 5.32 Å². The minimum Gasteiger partial charge on any atom is -0.345 e. The fourth-order valence-electron chi connectivity index (χ4n) is 2.59. The van der Waals surface area contributed by atoms with Gasteiger partial charge in [0.05, 0.1) is 12.0 Å². The zero-order valence-electron chi connectivity index (χ0n) is 12.8. The van der Waals surface area contributed by atoms with Crippen LogP contribution in [0.2, 0.25) is 0 Å². The van der Waals surface area contributed by atoms with E-state index in [1.54, 1.807) is 24.6 Å².